The van der Waals surface area contributed by atoms with Crippen LogP contribution in [0.3, 0.4) is 0 Å². The number of hydrazone groups is 1. The fourth-order valence-corrected chi connectivity index (χ4v) is 5.05. The summed E-state index contributed by atoms with van der Waals surface area (Å²) in [6.45, 7) is 2.54. The van der Waals surface area contributed by atoms with E-state index in [0.29, 0.717) is 18.2 Å². The Balaban J connectivity index is 1.28. The average molecular weight is 473 g/mol. The third-order valence-electron chi connectivity index (χ3n) is 5.12. The monoisotopic (exact) mass is 472 g/mol. The normalized spacial score (nSPS) is 16.6. The van der Waals surface area contributed by atoms with Crippen LogP contribution in [-0.4, -0.2) is 27.0 Å². The topological polar surface area (TPSA) is 78.1 Å². The molecule has 0 aliphatic carbocycles. The van der Waals surface area contributed by atoms with E-state index in [4.69, 9.17) is 10.1 Å². The molecular formula is C25H20N4O2S2. The van der Waals surface area contributed by atoms with Crippen molar-refractivity contribution in [3.63, 3.8) is 0 Å². The van der Waals surface area contributed by atoms with Crippen LogP contribution in [0.1, 0.15) is 21.6 Å². The second kappa shape index (κ2) is 9.17. The number of aryl methyl sites for hydroxylation is 1. The third kappa shape index (κ3) is 4.81. The maximum atomic E-state index is 12.6. The molecule has 0 saturated heterocycles. The lowest BCUT2D eigenvalue weighted by atomic mass is 10.1. The Morgan fingerprint density at radius 3 is 2.61 bits per heavy atom. The number of carbonyl (C=O) groups is 1. The van der Waals surface area contributed by atoms with Crippen molar-refractivity contribution in [2.45, 2.75) is 20.0 Å². The Morgan fingerprint density at radius 1 is 1.09 bits per heavy atom. The molecule has 2 aromatic carbocycles. The molecule has 1 amide bonds. The summed E-state index contributed by atoms with van der Waals surface area (Å²) in [5, 5.41) is 17.8. The maximum absolute atomic E-state index is 12.6. The van der Waals surface area contributed by atoms with E-state index in [1.54, 1.807) is 17.4 Å². The van der Waals surface area contributed by atoms with Crippen LogP contribution < -0.4 is 4.74 Å². The van der Waals surface area contributed by atoms with Gasteiger partial charge in [-0.2, -0.15) is 15.1 Å². The highest BCUT2D eigenvalue weighted by atomic mass is 32.2. The smallest absolute Gasteiger partial charge is 0.283 e. The molecule has 0 unspecified atom stereocenters. The summed E-state index contributed by atoms with van der Waals surface area (Å²) < 4.78 is 5.85. The van der Waals surface area contributed by atoms with E-state index in [1.165, 1.54) is 27.2 Å². The standard InChI is InChI=1S/C25H20N4O2S2/c1-16-4-6-18(7-5-16)15-31-19-10-8-17(9-11-19)13-21-23(26)29-25(27-24(21)30)33-22(28-29)14-20-3-2-12-32-20/h2-13,26H,14-15H2,1H3/b21-13+,26-23?. The van der Waals surface area contributed by atoms with Crippen molar-refractivity contribution in [2.24, 2.45) is 10.1 Å². The van der Waals surface area contributed by atoms with Gasteiger partial charge in [0.05, 0.1) is 5.57 Å². The summed E-state index contributed by atoms with van der Waals surface area (Å²) in [5.74, 6) is 0.353. The first-order valence-corrected chi connectivity index (χ1v) is 12.0. The molecule has 2 aliphatic heterocycles. The first kappa shape index (κ1) is 21.4. The zero-order valence-electron chi connectivity index (χ0n) is 17.8. The van der Waals surface area contributed by atoms with Crippen LogP contribution in [0.5, 0.6) is 5.75 Å². The zero-order valence-corrected chi connectivity index (χ0v) is 19.5. The lowest BCUT2D eigenvalue weighted by Crippen LogP contribution is -2.35. The average Bonchev–Trinajstić information content (AvgIpc) is 3.47. The van der Waals surface area contributed by atoms with Crippen molar-refractivity contribution >= 4 is 51.1 Å². The number of carbonyl (C=O) groups excluding carboxylic acids is 1. The molecule has 6 nitrogen and oxygen atoms in total. The Hall–Kier alpha value is -3.49. The third-order valence-corrected chi connectivity index (χ3v) is 6.90. The number of benzene rings is 2. The number of hydrogen-bond donors (Lipinski definition) is 1. The number of nitrogens with zero attached hydrogens (tertiary/aromatic N) is 3. The minimum atomic E-state index is -0.425. The van der Waals surface area contributed by atoms with Crippen LogP contribution in [0.4, 0.5) is 0 Å². The Morgan fingerprint density at radius 2 is 1.88 bits per heavy atom. The van der Waals surface area contributed by atoms with E-state index in [2.05, 4.69) is 29.2 Å². The minimum Gasteiger partial charge on any atom is -0.489 e. The molecule has 3 heterocycles. The van der Waals surface area contributed by atoms with Gasteiger partial charge in [-0.1, -0.05) is 48.0 Å². The highest BCUT2D eigenvalue weighted by molar-refractivity contribution is 8.27. The van der Waals surface area contributed by atoms with Gasteiger partial charge in [-0.3, -0.25) is 10.2 Å². The minimum absolute atomic E-state index is 0.0402. The first-order chi connectivity index (χ1) is 16.0. The fraction of sp³-hybridized carbons (Fsp3) is 0.120. The molecule has 5 rings (SSSR count). The maximum Gasteiger partial charge on any atom is 0.283 e. The number of fused-ring (bicyclic) bond motifs is 1. The number of amidine groups is 2. The van der Waals surface area contributed by atoms with Crippen LogP contribution in [0, 0.1) is 12.3 Å². The molecule has 1 aromatic heterocycles. The van der Waals surface area contributed by atoms with Gasteiger partial charge in [-0.15, -0.1) is 11.3 Å². The number of nitrogens with one attached hydrogen (secondary N) is 1. The van der Waals surface area contributed by atoms with Crippen LogP contribution in [0.25, 0.3) is 6.08 Å². The van der Waals surface area contributed by atoms with Gasteiger partial charge in [0.1, 0.15) is 17.4 Å². The van der Waals surface area contributed by atoms with Gasteiger partial charge in [0, 0.05) is 11.3 Å². The van der Waals surface area contributed by atoms with E-state index in [-0.39, 0.29) is 11.4 Å². The van der Waals surface area contributed by atoms with Gasteiger partial charge in [-0.25, -0.2) is 0 Å². The molecule has 2 aliphatic rings. The summed E-state index contributed by atoms with van der Waals surface area (Å²) in [7, 11) is 0. The zero-order chi connectivity index (χ0) is 22.8. The molecule has 0 saturated carbocycles. The number of amides is 1. The Bertz CT molecular complexity index is 1290. The molecule has 0 radical (unpaired) electrons. The van der Waals surface area contributed by atoms with Gasteiger partial charge >= 0.3 is 0 Å². The lowest BCUT2D eigenvalue weighted by Gasteiger charge is -2.20. The second-order valence-electron chi connectivity index (χ2n) is 7.61. The predicted molar refractivity (Wildman–Crippen MR) is 135 cm³/mol. The SMILES string of the molecule is Cc1ccc(COc2ccc(/C=C3\C(=N)N4N=C(Cc5cccs5)SC4=NC3=O)cc2)cc1. The first-order valence-electron chi connectivity index (χ1n) is 10.3. The fourth-order valence-electron chi connectivity index (χ4n) is 3.34. The largest absolute Gasteiger partial charge is 0.489 e. The molecule has 8 heteroatoms. The number of thioether (sulfide) groups is 1. The summed E-state index contributed by atoms with van der Waals surface area (Å²) in [4.78, 5) is 18.0. The van der Waals surface area contributed by atoms with Crippen molar-refractivity contribution in [3.8, 4) is 5.75 Å². The molecule has 164 valence electrons. The second-order valence-corrected chi connectivity index (χ2v) is 9.69. The Kier molecular flexibility index (Phi) is 5.93. The summed E-state index contributed by atoms with van der Waals surface area (Å²) >= 11 is 3.00. The van der Waals surface area contributed by atoms with Crippen LogP contribution in [-0.2, 0) is 17.8 Å². The van der Waals surface area contributed by atoms with Gasteiger partial charge in [0.2, 0.25) is 5.17 Å². The molecule has 0 atom stereocenters. The highest BCUT2D eigenvalue weighted by Crippen LogP contribution is 2.30. The van der Waals surface area contributed by atoms with E-state index in [9.17, 15) is 4.79 Å². The van der Waals surface area contributed by atoms with Crippen molar-refractivity contribution in [2.75, 3.05) is 0 Å². The summed E-state index contributed by atoms with van der Waals surface area (Å²) in [5.41, 5.74) is 3.32. The molecule has 0 fully saturated rings. The summed E-state index contributed by atoms with van der Waals surface area (Å²) in [6, 6.07) is 19.7. The highest BCUT2D eigenvalue weighted by Gasteiger charge is 2.35. The van der Waals surface area contributed by atoms with E-state index >= 15 is 0 Å². The molecule has 3 aromatic rings. The van der Waals surface area contributed by atoms with Crippen molar-refractivity contribution < 1.29 is 9.53 Å². The number of hydrogen-bond acceptors (Lipinski definition) is 6. The molecule has 1 N–H and O–H groups in total. The molecule has 0 bridgehead atoms. The van der Waals surface area contributed by atoms with E-state index in [1.807, 2.05) is 53.9 Å². The molecule has 0 spiro atoms. The van der Waals surface area contributed by atoms with E-state index in [0.717, 1.165) is 21.9 Å². The quantitative estimate of drug-likeness (QED) is 0.481. The lowest BCUT2D eigenvalue weighted by molar-refractivity contribution is -0.114. The Labute approximate surface area is 199 Å². The number of rotatable bonds is 6. The number of ether oxygens (including phenoxy) is 1. The molecule has 33 heavy (non-hydrogen) atoms. The van der Waals surface area contributed by atoms with Gasteiger partial charge < -0.3 is 4.74 Å². The van der Waals surface area contributed by atoms with Crippen LogP contribution in [0.2, 0.25) is 0 Å². The van der Waals surface area contributed by atoms with Crippen molar-refractivity contribution in [1.82, 2.24) is 5.01 Å². The van der Waals surface area contributed by atoms with Gasteiger partial charge in [0.15, 0.2) is 5.84 Å². The molecular weight excluding hydrogens is 452 g/mol. The van der Waals surface area contributed by atoms with Crippen LogP contribution >= 0.6 is 23.1 Å². The predicted octanol–water partition coefficient (Wildman–Crippen LogP) is 5.50. The number of thiophene rings is 1. The number of aliphatic imine (C=N–C) groups is 1. The van der Waals surface area contributed by atoms with E-state index < -0.39 is 5.91 Å². The van der Waals surface area contributed by atoms with Crippen molar-refractivity contribution in [3.05, 3.63) is 93.2 Å². The van der Waals surface area contributed by atoms with Crippen LogP contribution in [0.15, 0.2) is 81.7 Å². The van der Waals surface area contributed by atoms with Gasteiger partial charge in [0.25, 0.3) is 5.91 Å². The van der Waals surface area contributed by atoms with Gasteiger partial charge in [-0.05, 0) is 59.5 Å². The summed E-state index contributed by atoms with van der Waals surface area (Å²) in [6.07, 6.45) is 2.34. The van der Waals surface area contributed by atoms with Crippen molar-refractivity contribution in [1.29, 1.82) is 5.41 Å².